The van der Waals surface area contributed by atoms with Crippen molar-refractivity contribution in [2.24, 2.45) is 5.92 Å². The van der Waals surface area contributed by atoms with Gasteiger partial charge in [0.05, 0.1) is 0 Å². The molecule has 0 unspecified atom stereocenters. The Kier molecular flexibility index (Phi) is 5.60. The van der Waals surface area contributed by atoms with Crippen LogP contribution in [-0.4, -0.2) is 24.0 Å². The highest BCUT2D eigenvalue weighted by Gasteiger charge is 2.18. The minimum atomic E-state index is -0.145. The van der Waals surface area contributed by atoms with Crippen LogP contribution >= 0.6 is 0 Å². The molecule has 3 rings (SSSR count). The van der Waals surface area contributed by atoms with Gasteiger partial charge in [0.1, 0.15) is 5.69 Å². The molecule has 1 fully saturated rings. The fourth-order valence-corrected chi connectivity index (χ4v) is 3.53. The number of nitrogens with one attached hydrogen (secondary N) is 1. The molecule has 0 bridgehead atoms. The summed E-state index contributed by atoms with van der Waals surface area (Å²) >= 11 is 0. The summed E-state index contributed by atoms with van der Waals surface area (Å²) < 4.78 is 0. The third-order valence-corrected chi connectivity index (χ3v) is 5.29. The SMILES string of the molecule is Cc1cccc(C(C)C)c1NC(=O)c1cc(N2CCC(C)CC2)ccn1. The molecule has 2 aromatic rings. The Morgan fingerprint density at radius 2 is 1.96 bits per heavy atom. The van der Waals surface area contributed by atoms with Crippen LogP contribution in [0.3, 0.4) is 0 Å². The van der Waals surface area contributed by atoms with Gasteiger partial charge in [-0.1, -0.05) is 39.0 Å². The molecule has 1 amide bonds. The van der Waals surface area contributed by atoms with Crippen LogP contribution in [0.2, 0.25) is 0 Å². The molecule has 0 atom stereocenters. The number of hydrogen-bond acceptors (Lipinski definition) is 3. The second-order valence-corrected chi connectivity index (χ2v) is 7.72. The van der Waals surface area contributed by atoms with Crippen molar-refractivity contribution in [1.82, 2.24) is 4.98 Å². The van der Waals surface area contributed by atoms with E-state index in [1.807, 2.05) is 31.2 Å². The summed E-state index contributed by atoms with van der Waals surface area (Å²) in [5.41, 5.74) is 4.70. The average Bonchev–Trinajstić information content (AvgIpc) is 2.64. The zero-order chi connectivity index (χ0) is 18.7. The van der Waals surface area contributed by atoms with Crippen molar-refractivity contribution in [2.45, 2.75) is 46.5 Å². The molecule has 1 aromatic carbocycles. The molecular formula is C22H29N3O. The summed E-state index contributed by atoms with van der Waals surface area (Å²) in [5.74, 6) is 0.986. The van der Waals surface area contributed by atoms with Crippen molar-refractivity contribution in [3.05, 3.63) is 53.3 Å². The van der Waals surface area contributed by atoms with E-state index in [-0.39, 0.29) is 5.91 Å². The first-order valence-corrected chi connectivity index (χ1v) is 9.57. The number of rotatable bonds is 4. The molecule has 1 N–H and O–H groups in total. The molecule has 4 nitrogen and oxygen atoms in total. The minimum absolute atomic E-state index is 0.145. The molecular weight excluding hydrogens is 322 g/mol. The number of anilines is 2. The van der Waals surface area contributed by atoms with Crippen LogP contribution in [0.4, 0.5) is 11.4 Å². The number of piperidine rings is 1. The maximum atomic E-state index is 12.8. The van der Waals surface area contributed by atoms with Crippen LogP contribution in [0, 0.1) is 12.8 Å². The van der Waals surface area contributed by atoms with Crippen molar-refractivity contribution >= 4 is 17.3 Å². The molecule has 26 heavy (non-hydrogen) atoms. The van der Waals surface area contributed by atoms with Gasteiger partial charge in [-0.3, -0.25) is 9.78 Å². The zero-order valence-electron chi connectivity index (χ0n) is 16.2. The monoisotopic (exact) mass is 351 g/mol. The van der Waals surface area contributed by atoms with Crippen molar-refractivity contribution < 1.29 is 4.79 Å². The smallest absolute Gasteiger partial charge is 0.274 e. The molecule has 0 radical (unpaired) electrons. The van der Waals surface area contributed by atoms with E-state index >= 15 is 0 Å². The standard InChI is InChI=1S/C22H29N3O/c1-15(2)19-7-5-6-17(4)21(19)24-22(26)20-14-18(8-11-23-20)25-12-9-16(3)10-13-25/h5-8,11,14-16H,9-10,12-13H2,1-4H3,(H,24,26). The largest absolute Gasteiger partial charge is 0.371 e. The number of pyridine rings is 1. The Bertz CT molecular complexity index is 777. The van der Waals surface area contributed by atoms with Crippen molar-refractivity contribution in [3.8, 4) is 0 Å². The summed E-state index contributed by atoms with van der Waals surface area (Å²) in [5, 5.41) is 3.09. The molecule has 0 saturated carbocycles. The highest BCUT2D eigenvalue weighted by molar-refractivity contribution is 6.04. The number of amides is 1. The van der Waals surface area contributed by atoms with E-state index in [1.54, 1.807) is 6.20 Å². The number of nitrogens with zero attached hydrogens (tertiary/aromatic N) is 2. The first kappa shape index (κ1) is 18.4. The molecule has 1 aromatic heterocycles. The molecule has 2 heterocycles. The lowest BCUT2D eigenvalue weighted by Gasteiger charge is -2.32. The molecule has 1 aliphatic rings. The van der Waals surface area contributed by atoms with Crippen molar-refractivity contribution in [2.75, 3.05) is 23.3 Å². The van der Waals surface area contributed by atoms with Gasteiger partial charge in [-0.25, -0.2) is 0 Å². The lowest BCUT2D eigenvalue weighted by atomic mass is 9.98. The second kappa shape index (κ2) is 7.90. The predicted octanol–water partition coefficient (Wildman–Crippen LogP) is 5.00. The zero-order valence-corrected chi connectivity index (χ0v) is 16.2. The molecule has 4 heteroatoms. The van der Waals surface area contributed by atoms with Crippen LogP contribution in [0.25, 0.3) is 0 Å². The normalized spacial score (nSPS) is 15.3. The summed E-state index contributed by atoms with van der Waals surface area (Å²) in [7, 11) is 0. The van der Waals surface area contributed by atoms with Gasteiger partial charge < -0.3 is 10.2 Å². The lowest BCUT2D eigenvalue weighted by molar-refractivity contribution is 0.102. The van der Waals surface area contributed by atoms with Gasteiger partial charge in [0.2, 0.25) is 0 Å². The molecule has 0 spiro atoms. The summed E-state index contributed by atoms with van der Waals surface area (Å²) in [4.78, 5) is 19.5. The quantitative estimate of drug-likeness (QED) is 0.843. The number of aromatic nitrogens is 1. The van der Waals surface area contributed by atoms with E-state index < -0.39 is 0 Å². The topological polar surface area (TPSA) is 45.2 Å². The van der Waals surface area contributed by atoms with Crippen LogP contribution in [0.5, 0.6) is 0 Å². The van der Waals surface area contributed by atoms with Crippen LogP contribution in [0.1, 0.15) is 61.1 Å². The van der Waals surface area contributed by atoms with E-state index in [2.05, 4.69) is 42.0 Å². The van der Waals surface area contributed by atoms with E-state index in [0.717, 1.165) is 41.5 Å². The Morgan fingerprint density at radius 3 is 2.65 bits per heavy atom. The highest BCUT2D eigenvalue weighted by atomic mass is 16.1. The molecule has 1 saturated heterocycles. The summed E-state index contributed by atoms with van der Waals surface area (Å²) in [6, 6.07) is 10.1. The number of para-hydroxylation sites is 1. The summed E-state index contributed by atoms with van der Waals surface area (Å²) in [6.45, 7) is 10.7. The highest BCUT2D eigenvalue weighted by Crippen LogP contribution is 2.28. The summed E-state index contributed by atoms with van der Waals surface area (Å²) in [6.07, 6.45) is 4.14. The van der Waals surface area contributed by atoms with Crippen LogP contribution < -0.4 is 10.2 Å². The molecule has 1 aliphatic heterocycles. The van der Waals surface area contributed by atoms with E-state index in [9.17, 15) is 4.79 Å². The van der Waals surface area contributed by atoms with Crippen LogP contribution in [0.15, 0.2) is 36.5 Å². The number of carbonyl (C=O) groups excluding carboxylic acids is 1. The number of carbonyl (C=O) groups is 1. The van der Waals surface area contributed by atoms with Gasteiger partial charge in [0, 0.05) is 30.7 Å². The van der Waals surface area contributed by atoms with Gasteiger partial charge in [0.15, 0.2) is 0 Å². The Hall–Kier alpha value is -2.36. The third-order valence-electron chi connectivity index (χ3n) is 5.29. The Balaban J connectivity index is 1.80. The van der Waals surface area contributed by atoms with E-state index in [1.165, 1.54) is 12.8 Å². The van der Waals surface area contributed by atoms with Gasteiger partial charge >= 0.3 is 0 Å². The van der Waals surface area contributed by atoms with Crippen molar-refractivity contribution in [1.29, 1.82) is 0 Å². The Morgan fingerprint density at radius 1 is 1.23 bits per heavy atom. The van der Waals surface area contributed by atoms with Crippen molar-refractivity contribution in [3.63, 3.8) is 0 Å². The third kappa shape index (κ3) is 4.06. The molecule has 138 valence electrons. The number of benzene rings is 1. The first-order chi connectivity index (χ1) is 12.5. The minimum Gasteiger partial charge on any atom is -0.371 e. The van der Waals surface area contributed by atoms with Gasteiger partial charge in [-0.2, -0.15) is 0 Å². The van der Waals surface area contributed by atoms with Gasteiger partial charge in [-0.15, -0.1) is 0 Å². The average molecular weight is 351 g/mol. The predicted molar refractivity (Wildman–Crippen MR) is 108 cm³/mol. The lowest BCUT2D eigenvalue weighted by Crippen LogP contribution is -2.33. The Labute approximate surface area is 156 Å². The first-order valence-electron chi connectivity index (χ1n) is 9.57. The maximum Gasteiger partial charge on any atom is 0.274 e. The fourth-order valence-electron chi connectivity index (χ4n) is 3.53. The number of hydrogen-bond donors (Lipinski definition) is 1. The van der Waals surface area contributed by atoms with Crippen LogP contribution in [-0.2, 0) is 0 Å². The van der Waals surface area contributed by atoms with E-state index in [0.29, 0.717) is 11.6 Å². The van der Waals surface area contributed by atoms with Gasteiger partial charge in [-0.05, 0) is 54.9 Å². The molecule has 0 aliphatic carbocycles. The second-order valence-electron chi connectivity index (χ2n) is 7.72. The maximum absolute atomic E-state index is 12.8. The van der Waals surface area contributed by atoms with E-state index in [4.69, 9.17) is 0 Å². The number of aryl methyl sites for hydroxylation is 1. The van der Waals surface area contributed by atoms with Gasteiger partial charge in [0.25, 0.3) is 5.91 Å². The fraction of sp³-hybridized carbons (Fsp3) is 0.455.